The molecule has 0 saturated carbocycles. The standard InChI is InChI=1S/C20H16BrCl4NO10/c1-5(27)33-4-8-15(34-6(2)28)16(35-7(3)29)17(20(21,32)36-8)26-18(30)9-10(19(26)31)12(23)14(25)13(24)11(9)22/h8,15-17,32H,4H2,1-3H3/t8-,15-,16+,17-,20?/m1/s1. The third-order valence-corrected chi connectivity index (χ3v) is 7.61. The van der Waals surface area contributed by atoms with Crippen LogP contribution in [0.1, 0.15) is 41.5 Å². The molecule has 5 atom stereocenters. The van der Waals surface area contributed by atoms with Crippen molar-refractivity contribution in [3.63, 3.8) is 0 Å². The molecule has 1 aromatic carbocycles. The zero-order chi connectivity index (χ0) is 27.3. The van der Waals surface area contributed by atoms with E-state index in [0.29, 0.717) is 4.90 Å². The Morgan fingerprint density at radius 3 is 1.75 bits per heavy atom. The van der Waals surface area contributed by atoms with E-state index in [9.17, 15) is 29.1 Å². The number of alkyl halides is 1. The van der Waals surface area contributed by atoms with Gasteiger partial charge in [0.1, 0.15) is 18.8 Å². The summed E-state index contributed by atoms with van der Waals surface area (Å²) in [4.78, 5) is 62.6. The van der Waals surface area contributed by atoms with Crippen LogP contribution in [0.25, 0.3) is 0 Å². The molecule has 11 nitrogen and oxygen atoms in total. The number of halogens is 5. The molecule has 2 aliphatic rings. The van der Waals surface area contributed by atoms with E-state index in [0.717, 1.165) is 20.8 Å². The molecule has 2 heterocycles. The number of aliphatic hydroxyl groups is 1. The highest BCUT2D eigenvalue weighted by atomic mass is 79.9. The van der Waals surface area contributed by atoms with Crippen LogP contribution in [0.15, 0.2) is 0 Å². The second kappa shape index (κ2) is 10.6. The van der Waals surface area contributed by atoms with Crippen molar-refractivity contribution in [3.05, 3.63) is 31.2 Å². The van der Waals surface area contributed by atoms with Crippen molar-refractivity contribution >= 4 is 92.1 Å². The van der Waals surface area contributed by atoms with Crippen molar-refractivity contribution in [1.29, 1.82) is 0 Å². The van der Waals surface area contributed by atoms with E-state index in [-0.39, 0.29) is 20.1 Å². The molecule has 16 heteroatoms. The lowest BCUT2D eigenvalue weighted by Gasteiger charge is -2.49. The Hall–Kier alpha value is -1.67. The smallest absolute Gasteiger partial charge is 0.303 e. The SMILES string of the molecule is CC(=O)OC[C@H]1OC(O)(Br)[C@H](N2C(=O)c3c(Cl)c(Cl)c(Cl)c(Cl)c3C2=O)[C@@H](OC(C)=O)[C@@H]1OC(C)=O. The lowest BCUT2D eigenvalue weighted by Crippen LogP contribution is -2.70. The molecule has 0 aliphatic carbocycles. The minimum Gasteiger partial charge on any atom is -0.463 e. The second-order valence-electron chi connectivity index (χ2n) is 7.65. The van der Waals surface area contributed by atoms with Crippen LogP contribution < -0.4 is 0 Å². The highest BCUT2D eigenvalue weighted by molar-refractivity contribution is 9.10. The third-order valence-electron chi connectivity index (χ3n) is 5.15. The van der Waals surface area contributed by atoms with Gasteiger partial charge in [0.05, 0.1) is 31.2 Å². The number of benzene rings is 1. The molecule has 36 heavy (non-hydrogen) atoms. The van der Waals surface area contributed by atoms with Crippen molar-refractivity contribution in [2.45, 2.75) is 49.8 Å². The van der Waals surface area contributed by atoms with Crippen LogP contribution in [0.2, 0.25) is 20.1 Å². The Kier molecular flexibility index (Phi) is 8.51. The molecule has 0 bridgehead atoms. The molecule has 0 spiro atoms. The quantitative estimate of drug-likeness (QED) is 0.126. The summed E-state index contributed by atoms with van der Waals surface area (Å²) in [6.07, 6.45) is -4.69. The van der Waals surface area contributed by atoms with Crippen LogP contribution in [-0.2, 0) is 33.3 Å². The number of fused-ring (bicyclic) bond motifs is 1. The maximum Gasteiger partial charge on any atom is 0.303 e. The molecule has 1 fully saturated rings. The normalized spacial score (nSPS) is 27.5. The van der Waals surface area contributed by atoms with Gasteiger partial charge in [0.15, 0.2) is 12.2 Å². The average molecular weight is 652 g/mol. The molecule has 1 N–H and O–H groups in total. The summed E-state index contributed by atoms with van der Waals surface area (Å²) in [5.74, 6) is -4.73. The van der Waals surface area contributed by atoms with Crippen LogP contribution in [0.4, 0.5) is 0 Å². The Morgan fingerprint density at radius 1 is 0.889 bits per heavy atom. The molecule has 3 rings (SSSR count). The maximum atomic E-state index is 13.4. The van der Waals surface area contributed by atoms with Crippen molar-refractivity contribution in [3.8, 4) is 0 Å². The van der Waals surface area contributed by atoms with E-state index in [4.69, 9.17) is 65.4 Å². The Morgan fingerprint density at radius 2 is 1.33 bits per heavy atom. The van der Waals surface area contributed by atoms with Gasteiger partial charge in [-0.3, -0.25) is 28.9 Å². The number of rotatable bonds is 5. The lowest BCUT2D eigenvalue weighted by molar-refractivity contribution is -0.285. The minimum absolute atomic E-state index is 0.296. The van der Waals surface area contributed by atoms with Gasteiger partial charge in [-0.2, -0.15) is 0 Å². The van der Waals surface area contributed by atoms with Crippen molar-refractivity contribution < 1.29 is 48.0 Å². The molecule has 1 unspecified atom stereocenters. The van der Waals surface area contributed by atoms with Gasteiger partial charge in [-0.15, -0.1) is 0 Å². The van der Waals surface area contributed by atoms with Gasteiger partial charge in [-0.25, -0.2) is 0 Å². The number of carbonyl (C=O) groups is 5. The van der Waals surface area contributed by atoms with E-state index in [2.05, 4.69) is 15.9 Å². The fourth-order valence-electron chi connectivity index (χ4n) is 3.85. The Balaban J connectivity index is 2.18. The first-order valence-electron chi connectivity index (χ1n) is 9.90. The van der Waals surface area contributed by atoms with Gasteiger partial charge in [-0.05, 0) is 15.9 Å². The summed E-state index contributed by atoms with van der Waals surface area (Å²) >= 11 is 27.4. The first-order chi connectivity index (χ1) is 16.6. The molecule has 2 aliphatic heterocycles. The molecule has 0 radical (unpaired) electrons. The minimum atomic E-state index is -2.62. The van der Waals surface area contributed by atoms with Gasteiger partial charge >= 0.3 is 17.9 Å². The van der Waals surface area contributed by atoms with E-state index < -0.39 is 76.5 Å². The zero-order valence-electron chi connectivity index (χ0n) is 18.5. The predicted molar refractivity (Wildman–Crippen MR) is 127 cm³/mol. The highest BCUT2D eigenvalue weighted by Crippen LogP contribution is 2.48. The summed E-state index contributed by atoms with van der Waals surface area (Å²) in [6, 6.07) is -1.88. The third kappa shape index (κ3) is 5.17. The largest absolute Gasteiger partial charge is 0.463 e. The fraction of sp³-hybridized carbons (Fsp3) is 0.450. The molecule has 2 amide bonds. The van der Waals surface area contributed by atoms with Crippen molar-refractivity contribution in [1.82, 2.24) is 4.90 Å². The Labute approximate surface area is 231 Å². The molecular weight excluding hydrogens is 636 g/mol. The summed E-state index contributed by atoms with van der Waals surface area (Å²) in [5.41, 5.74) is -0.839. The van der Waals surface area contributed by atoms with Crippen LogP contribution in [0.3, 0.4) is 0 Å². The number of hydrogen-bond acceptors (Lipinski definition) is 10. The topological polar surface area (TPSA) is 146 Å². The molecular formula is C20H16BrCl4NO10. The van der Waals surface area contributed by atoms with Gasteiger partial charge in [0, 0.05) is 20.8 Å². The number of amides is 2. The zero-order valence-corrected chi connectivity index (χ0v) is 23.1. The highest BCUT2D eigenvalue weighted by Gasteiger charge is 2.63. The molecule has 196 valence electrons. The summed E-state index contributed by atoms with van der Waals surface area (Å²) in [7, 11) is 0. The second-order valence-corrected chi connectivity index (χ2v) is 10.3. The Bertz CT molecular complexity index is 1130. The number of esters is 3. The first-order valence-corrected chi connectivity index (χ1v) is 12.2. The molecule has 1 aromatic rings. The summed E-state index contributed by atoms with van der Waals surface area (Å²) < 4.78 is 18.4. The lowest BCUT2D eigenvalue weighted by atomic mass is 9.94. The van der Waals surface area contributed by atoms with Gasteiger partial charge in [-0.1, -0.05) is 46.4 Å². The van der Waals surface area contributed by atoms with Crippen LogP contribution in [-0.4, -0.2) is 75.4 Å². The predicted octanol–water partition coefficient (Wildman–Crippen LogP) is 3.13. The van der Waals surface area contributed by atoms with Crippen molar-refractivity contribution in [2.75, 3.05) is 6.61 Å². The van der Waals surface area contributed by atoms with E-state index in [1.165, 1.54) is 0 Å². The van der Waals surface area contributed by atoms with Crippen LogP contribution in [0.5, 0.6) is 0 Å². The van der Waals surface area contributed by atoms with Crippen LogP contribution in [0, 0.1) is 0 Å². The average Bonchev–Trinajstić information content (AvgIpc) is 3.01. The molecule has 1 saturated heterocycles. The monoisotopic (exact) mass is 649 g/mol. The number of ether oxygens (including phenoxy) is 4. The number of carbonyl (C=O) groups excluding carboxylic acids is 5. The summed E-state index contributed by atoms with van der Waals surface area (Å²) in [6.45, 7) is 2.57. The van der Waals surface area contributed by atoms with Gasteiger partial charge in [0.2, 0.25) is 4.70 Å². The van der Waals surface area contributed by atoms with Gasteiger partial charge < -0.3 is 24.1 Å². The van der Waals surface area contributed by atoms with Crippen LogP contribution >= 0.6 is 62.3 Å². The van der Waals surface area contributed by atoms with Crippen molar-refractivity contribution in [2.24, 2.45) is 0 Å². The van der Waals surface area contributed by atoms with Gasteiger partial charge in [0.25, 0.3) is 11.8 Å². The fourth-order valence-corrected chi connectivity index (χ4v) is 5.57. The van der Waals surface area contributed by atoms with E-state index in [1.807, 2.05) is 0 Å². The van der Waals surface area contributed by atoms with E-state index in [1.54, 1.807) is 0 Å². The summed E-state index contributed by atoms with van der Waals surface area (Å²) in [5, 5.41) is 9.82. The number of imide groups is 1. The number of nitrogens with zero attached hydrogens (tertiary/aromatic N) is 1. The maximum absolute atomic E-state index is 13.4. The number of hydrogen-bond donors (Lipinski definition) is 1. The molecule has 0 aromatic heterocycles. The van der Waals surface area contributed by atoms with E-state index >= 15 is 0 Å². The first kappa shape index (κ1) is 28.9.